The van der Waals surface area contributed by atoms with E-state index < -0.39 is 11.8 Å². The standard InChI is InChI=1S/C26H32FNO5S/c1-3-5-13-32-26-21-11-12-23(20(8-4-2)25(21)33-28-26)31-14-6-7-15-34-19-10-9-18(16-24(29)30)22(27)17-19/h9-12,17H,3-8,13-16H2,1-2H3,(H,29,30). The van der Waals surface area contributed by atoms with E-state index in [0.717, 1.165) is 71.5 Å². The van der Waals surface area contributed by atoms with Gasteiger partial charge in [0.2, 0.25) is 0 Å². The summed E-state index contributed by atoms with van der Waals surface area (Å²) in [6, 6.07) is 8.63. The summed E-state index contributed by atoms with van der Waals surface area (Å²) in [5, 5.41) is 13.8. The van der Waals surface area contributed by atoms with Crippen LogP contribution >= 0.6 is 11.8 Å². The minimum atomic E-state index is -1.04. The first kappa shape index (κ1) is 25.9. The lowest BCUT2D eigenvalue weighted by Gasteiger charge is -2.11. The van der Waals surface area contributed by atoms with Gasteiger partial charge in [0, 0.05) is 10.5 Å². The Bertz CT molecular complexity index is 1080. The van der Waals surface area contributed by atoms with Crippen molar-refractivity contribution >= 4 is 28.7 Å². The predicted octanol–water partition coefficient (Wildman–Crippen LogP) is 6.68. The van der Waals surface area contributed by atoms with E-state index >= 15 is 0 Å². The third-order valence-electron chi connectivity index (χ3n) is 5.34. The van der Waals surface area contributed by atoms with E-state index in [0.29, 0.717) is 19.1 Å². The number of rotatable bonds is 15. The predicted molar refractivity (Wildman–Crippen MR) is 132 cm³/mol. The fourth-order valence-corrected chi connectivity index (χ4v) is 4.49. The van der Waals surface area contributed by atoms with Gasteiger partial charge in [0.25, 0.3) is 5.88 Å². The van der Waals surface area contributed by atoms with E-state index in [9.17, 15) is 9.18 Å². The van der Waals surface area contributed by atoms with E-state index in [1.807, 2.05) is 12.1 Å². The first-order valence-corrected chi connectivity index (χ1v) is 12.8. The molecule has 0 aliphatic rings. The number of hydrogen-bond acceptors (Lipinski definition) is 6. The number of aryl methyl sites for hydroxylation is 1. The van der Waals surface area contributed by atoms with Gasteiger partial charge in [0.05, 0.1) is 25.0 Å². The average molecular weight is 490 g/mol. The van der Waals surface area contributed by atoms with Crippen LogP contribution < -0.4 is 9.47 Å². The molecule has 0 unspecified atom stereocenters. The number of thioether (sulfide) groups is 1. The lowest BCUT2D eigenvalue weighted by atomic mass is 10.1. The number of aliphatic carboxylic acids is 1. The Morgan fingerprint density at radius 3 is 2.65 bits per heavy atom. The number of unbranched alkanes of at least 4 members (excludes halogenated alkanes) is 2. The third-order valence-corrected chi connectivity index (χ3v) is 6.42. The molecule has 0 aliphatic heterocycles. The summed E-state index contributed by atoms with van der Waals surface area (Å²) in [5.74, 6) is 0.666. The average Bonchev–Trinajstić information content (AvgIpc) is 3.22. The highest BCUT2D eigenvalue weighted by atomic mass is 32.2. The lowest BCUT2D eigenvalue weighted by Crippen LogP contribution is -2.02. The Kier molecular flexibility index (Phi) is 10.1. The number of benzene rings is 2. The molecular formula is C26H32FNO5S. The smallest absolute Gasteiger partial charge is 0.307 e. The molecule has 0 atom stereocenters. The largest absolute Gasteiger partial charge is 0.493 e. The summed E-state index contributed by atoms with van der Waals surface area (Å²) in [4.78, 5) is 11.6. The molecule has 0 saturated heterocycles. The SMILES string of the molecule is CCCCOc1noc2c(CCC)c(OCCCCSc3ccc(CC(=O)O)c(F)c3)ccc12. The number of hydrogen-bond donors (Lipinski definition) is 1. The van der Waals surface area contributed by atoms with E-state index in [2.05, 4.69) is 19.0 Å². The van der Waals surface area contributed by atoms with Gasteiger partial charge in [0.1, 0.15) is 11.6 Å². The number of aromatic nitrogens is 1. The summed E-state index contributed by atoms with van der Waals surface area (Å²) >= 11 is 1.55. The van der Waals surface area contributed by atoms with E-state index in [1.165, 1.54) is 6.07 Å². The molecule has 0 spiro atoms. The summed E-state index contributed by atoms with van der Waals surface area (Å²) < 4.78 is 31.5. The Hall–Kier alpha value is -2.74. The van der Waals surface area contributed by atoms with Crippen molar-refractivity contribution in [2.75, 3.05) is 19.0 Å². The van der Waals surface area contributed by atoms with Crippen LogP contribution in [0.15, 0.2) is 39.8 Å². The van der Waals surface area contributed by atoms with Crippen LogP contribution in [0.25, 0.3) is 11.0 Å². The lowest BCUT2D eigenvalue weighted by molar-refractivity contribution is -0.136. The molecule has 2 aromatic carbocycles. The van der Waals surface area contributed by atoms with Gasteiger partial charge in [-0.2, -0.15) is 0 Å². The first-order valence-electron chi connectivity index (χ1n) is 11.8. The van der Waals surface area contributed by atoms with Crippen molar-refractivity contribution in [2.45, 2.75) is 63.7 Å². The van der Waals surface area contributed by atoms with Gasteiger partial charge in [-0.05, 0) is 66.4 Å². The number of carboxylic acids is 1. The second kappa shape index (κ2) is 13.2. The molecule has 1 N–H and O–H groups in total. The number of nitrogens with zero attached hydrogens (tertiary/aromatic N) is 1. The molecular weight excluding hydrogens is 457 g/mol. The Morgan fingerprint density at radius 2 is 1.91 bits per heavy atom. The van der Waals surface area contributed by atoms with Crippen LogP contribution in [0.4, 0.5) is 4.39 Å². The van der Waals surface area contributed by atoms with Crippen LogP contribution in [0.3, 0.4) is 0 Å². The van der Waals surface area contributed by atoms with Crippen LogP contribution in [-0.2, 0) is 17.6 Å². The van der Waals surface area contributed by atoms with Gasteiger partial charge in [-0.25, -0.2) is 4.39 Å². The zero-order chi connectivity index (χ0) is 24.3. The number of fused-ring (bicyclic) bond motifs is 1. The molecule has 3 aromatic rings. The monoisotopic (exact) mass is 489 g/mol. The van der Waals surface area contributed by atoms with E-state index in [4.69, 9.17) is 19.1 Å². The molecule has 8 heteroatoms. The molecule has 1 aromatic heterocycles. The number of halogens is 1. The van der Waals surface area contributed by atoms with Crippen molar-refractivity contribution in [3.8, 4) is 11.6 Å². The molecule has 184 valence electrons. The van der Waals surface area contributed by atoms with Crippen LogP contribution in [-0.4, -0.2) is 35.2 Å². The highest BCUT2D eigenvalue weighted by Gasteiger charge is 2.17. The van der Waals surface area contributed by atoms with Crippen molar-refractivity contribution in [1.82, 2.24) is 5.16 Å². The molecule has 6 nitrogen and oxygen atoms in total. The summed E-state index contributed by atoms with van der Waals surface area (Å²) in [5.41, 5.74) is 1.95. The van der Waals surface area contributed by atoms with Crippen molar-refractivity contribution in [2.24, 2.45) is 0 Å². The number of carbonyl (C=O) groups is 1. The number of ether oxygens (including phenoxy) is 2. The summed E-state index contributed by atoms with van der Waals surface area (Å²) in [7, 11) is 0. The maximum atomic E-state index is 14.0. The third kappa shape index (κ3) is 7.13. The second-order valence-electron chi connectivity index (χ2n) is 8.09. The normalized spacial score (nSPS) is 11.1. The van der Waals surface area contributed by atoms with Gasteiger partial charge >= 0.3 is 5.97 Å². The Labute approximate surface area is 203 Å². The van der Waals surface area contributed by atoms with Gasteiger partial charge in [-0.3, -0.25) is 4.79 Å². The van der Waals surface area contributed by atoms with Gasteiger partial charge in [-0.15, -0.1) is 11.8 Å². The fourth-order valence-electron chi connectivity index (χ4n) is 3.56. The molecule has 0 bridgehead atoms. The zero-order valence-electron chi connectivity index (χ0n) is 19.8. The molecule has 0 saturated carbocycles. The maximum absolute atomic E-state index is 14.0. The van der Waals surface area contributed by atoms with Crippen molar-refractivity contribution in [3.05, 3.63) is 47.3 Å². The van der Waals surface area contributed by atoms with Crippen molar-refractivity contribution < 1.29 is 28.3 Å². The van der Waals surface area contributed by atoms with E-state index in [1.54, 1.807) is 23.9 Å². The highest BCUT2D eigenvalue weighted by molar-refractivity contribution is 7.99. The molecule has 3 rings (SSSR count). The quantitative estimate of drug-likeness (QED) is 0.188. The first-order chi connectivity index (χ1) is 16.5. The van der Waals surface area contributed by atoms with Gasteiger partial charge < -0.3 is 19.1 Å². The molecule has 0 aliphatic carbocycles. The second-order valence-corrected chi connectivity index (χ2v) is 9.25. The zero-order valence-corrected chi connectivity index (χ0v) is 20.6. The maximum Gasteiger partial charge on any atom is 0.307 e. The van der Waals surface area contributed by atoms with Crippen LogP contribution in [0.1, 0.15) is 57.1 Å². The van der Waals surface area contributed by atoms with Crippen LogP contribution in [0.2, 0.25) is 0 Å². The van der Waals surface area contributed by atoms with Gasteiger partial charge in [0.15, 0.2) is 5.58 Å². The fraction of sp³-hybridized carbons (Fsp3) is 0.462. The molecule has 0 amide bonds. The molecule has 1 heterocycles. The topological polar surface area (TPSA) is 81.8 Å². The van der Waals surface area contributed by atoms with Crippen molar-refractivity contribution in [3.63, 3.8) is 0 Å². The summed E-state index contributed by atoms with van der Waals surface area (Å²) in [6.45, 7) is 5.43. The summed E-state index contributed by atoms with van der Waals surface area (Å²) in [6.07, 6.45) is 5.28. The van der Waals surface area contributed by atoms with Crippen LogP contribution in [0.5, 0.6) is 11.6 Å². The Morgan fingerprint density at radius 1 is 1.09 bits per heavy atom. The highest BCUT2D eigenvalue weighted by Crippen LogP contribution is 2.34. The Balaban J connectivity index is 1.50. The van der Waals surface area contributed by atoms with Crippen molar-refractivity contribution in [1.29, 1.82) is 0 Å². The van der Waals surface area contributed by atoms with Crippen LogP contribution in [0, 0.1) is 5.82 Å². The minimum absolute atomic E-state index is 0.205. The minimum Gasteiger partial charge on any atom is -0.493 e. The molecule has 34 heavy (non-hydrogen) atoms. The molecule has 0 radical (unpaired) electrons. The van der Waals surface area contributed by atoms with Gasteiger partial charge in [-0.1, -0.05) is 32.8 Å². The number of carboxylic acid groups (broad SMARTS) is 1. The van der Waals surface area contributed by atoms with E-state index in [-0.39, 0.29) is 12.0 Å². The molecule has 0 fully saturated rings.